The average Bonchev–Trinajstić information content (AvgIpc) is 3.13. The lowest BCUT2D eigenvalue weighted by Crippen LogP contribution is -1.98. The van der Waals surface area contributed by atoms with Crippen LogP contribution in [0.3, 0.4) is 0 Å². The van der Waals surface area contributed by atoms with Crippen LogP contribution in [-0.4, -0.2) is 0 Å². The molecule has 218 valence electrons. The maximum atomic E-state index is 6.77. The summed E-state index contributed by atoms with van der Waals surface area (Å²) in [7, 11) is 0. The second-order valence-corrected chi connectivity index (χ2v) is 12.5. The molecule has 0 amide bonds. The van der Waals surface area contributed by atoms with Crippen molar-refractivity contribution in [1.29, 1.82) is 0 Å². The Hall–Kier alpha value is -6.18. The third-order valence-electron chi connectivity index (χ3n) is 9.83. The Morgan fingerprint density at radius 3 is 1.77 bits per heavy atom. The van der Waals surface area contributed by atoms with Crippen LogP contribution < -0.4 is 4.74 Å². The Kier molecular flexibility index (Phi) is 5.64. The van der Waals surface area contributed by atoms with Crippen LogP contribution in [0.4, 0.5) is 0 Å². The van der Waals surface area contributed by atoms with Gasteiger partial charge in [0.05, 0.1) is 0 Å². The molecule has 1 heteroatoms. The van der Waals surface area contributed by atoms with Gasteiger partial charge in [0.1, 0.15) is 11.5 Å². The van der Waals surface area contributed by atoms with Gasteiger partial charge in [-0.05, 0) is 107 Å². The lowest BCUT2D eigenvalue weighted by Gasteiger charge is -2.24. The van der Waals surface area contributed by atoms with Crippen molar-refractivity contribution < 1.29 is 4.74 Å². The van der Waals surface area contributed by atoms with Crippen molar-refractivity contribution in [1.82, 2.24) is 0 Å². The van der Waals surface area contributed by atoms with Gasteiger partial charge in [0, 0.05) is 10.9 Å². The SMILES string of the molecule is c1ccc(-c2cccc3ccc(-c4ccc5c6c(cccc46)Oc4cc(-c6c7ccccc7cc7ccccc67)ccc4-5)cc23)cc1. The minimum Gasteiger partial charge on any atom is -0.456 e. The lowest BCUT2D eigenvalue weighted by atomic mass is 9.87. The van der Waals surface area contributed by atoms with E-state index in [1.807, 2.05) is 0 Å². The molecule has 0 aromatic heterocycles. The Morgan fingerprint density at radius 2 is 0.936 bits per heavy atom. The smallest absolute Gasteiger partial charge is 0.135 e. The molecular formula is C46H28O. The zero-order valence-corrected chi connectivity index (χ0v) is 25.6. The standard InChI is InChI=1S/C46H28O/c1-2-10-29(11-3-1)35-17-8-14-30-20-21-33(27-42(30)35)36-24-25-41-39-23-22-34(28-44(39)47-43-19-9-18-40(36)46(41)43)45-37-15-6-4-12-31(37)26-32-13-5-7-16-38(32)45/h1-28H. The van der Waals surface area contributed by atoms with Crippen LogP contribution in [0.25, 0.3) is 87.6 Å². The highest BCUT2D eigenvalue weighted by molar-refractivity contribution is 6.14. The molecule has 1 heterocycles. The zero-order chi connectivity index (χ0) is 30.9. The van der Waals surface area contributed by atoms with E-state index in [9.17, 15) is 0 Å². The highest BCUT2D eigenvalue weighted by atomic mass is 16.5. The van der Waals surface area contributed by atoms with Crippen molar-refractivity contribution >= 4 is 43.1 Å². The van der Waals surface area contributed by atoms with Gasteiger partial charge in [-0.15, -0.1) is 0 Å². The van der Waals surface area contributed by atoms with Gasteiger partial charge in [-0.2, -0.15) is 0 Å². The van der Waals surface area contributed by atoms with E-state index in [1.54, 1.807) is 0 Å². The first-order valence-electron chi connectivity index (χ1n) is 16.2. The number of rotatable bonds is 3. The van der Waals surface area contributed by atoms with E-state index in [-0.39, 0.29) is 0 Å². The molecule has 47 heavy (non-hydrogen) atoms. The molecule has 9 aromatic carbocycles. The van der Waals surface area contributed by atoms with Gasteiger partial charge in [0.25, 0.3) is 0 Å². The first-order chi connectivity index (χ1) is 23.3. The summed E-state index contributed by atoms with van der Waals surface area (Å²) in [6.45, 7) is 0. The van der Waals surface area contributed by atoms with Crippen molar-refractivity contribution in [3.05, 3.63) is 170 Å². The maximum absolute atomic E-state index is 6.77. The molecular weight excluding hydrogens is 569 g/mol. The van der Waals surface area contributed by atoms with Gasteiger partial charge in [-0.25, -0.2) is 0 Å². The fourth-order valence-corrected chi connectivity index (χ4v) is 7.67. The first-order valence-corrected chi connectivity index (χ1v) is 16.2. The molecule has 0 spiro atoms. The Labute approximate surface area is 272 Å². The molecule has 0 N–H and O–H groups in total. The number of fused-ring (bicyclic) bond motifs is 5. The second-order valence-electron chi connectivity index (χ2n) is 12.5. The molecule has 0 saturated heterocycles. The minimum atomic E-state index is 0.894. The minimum absolute atomic E-state index is 0.894. The van der Waals surface area contributed by atoms with Crippen LogP contribution in [0.15, 0.2) is 170 Å². The molecule has 9 aromatic rings. The lowest BCUT2D eigenvalue weighted by molar-refractivity contribution is 0.487. The van der Waals surface area contributed by atoms with Gasteiger partial charge in [0.15, 0.2) is 0 Å². The van der Waals surface area contributed by atoms with Crippen LogP contribution in [-0.2, 0) is 0 Å². The van der Waals surface area contributed by atoms with E-state index in [4.69, 9.17) is 4.74 Å². The molecule has 0 radical (unpaired) electrons. The third-order valence-corrected chi connectivity index (χ3v) is 9.83. The van der Waals surface area contributed by atoms with Crippen molar-refractivity contribution in [2.24, 2.45) is 0 Å². The van der Waals surface area contributed by atoms with Crippen molar-refractivity contribution in [2.45, 2.75) is 0 Å². The van der Waals surface area contributed by atoms with Crippen molar-refractivity contribution in [3.8, 4) is 56.0 Å². The zero-order valence-electron chi connectivity index (χ0n) is 25.6. The molecule has 0 fully saturated rings. The van der Waals surface area contributed by atoms with E-state index in [1.165, 1.54) is 71.1 Å². The largest absolute Gasteiger partial charge is 0.456 e. The molecule has 0 saturated carbocycles. The van der Waals surface area contributed by atoms with Gasteiger partial charge in [0.2, 0.25) is 0 Å². The normalized spacial score (nSPS) is 12.0. The van der Waals surface area contributed by atoms with Crippen molar-refractivity contribution in [3.63, 3.8) is 0 Å². The number of benzene rings is 9. The Bertz CT molecular complexity index is 2650. The van der Waals surface area contributed by atoms with Crippen LogP contribution >= 0.6 is 0 Å². The van der Waals surface area contributed by atoms with Crippen LogP contribution in [0.1, 0.15) is 0 Å². The molecule has 0 bridgehead atoms. The summed E-state index contributed by atoms with van der Waals surface area (Å²) in [4.78, 5) is 0. The molecule has 1 aliphatic rings. The maximum Gasteiger partial charge on any atom is 0.135 e. The van der Waals surface area contributed by atoms with Gasteiger partial charge in [-0.1, -0.05) is 140 Å². The fourth-order valence-electron chi connectivity index (χ4n) is 7.67. The third kappa shape index (κ3) is 4.03. The fraction of sp³-hybridized carbons (Fsp3) is 0. The average molecular weight is 597 g/mol. The van der Waals surface area contributed by atoms with Gasteiger partial charge < -0.3 is 4.74 Å². The van der Waals surface area contributed by atoms with Crippen LogP contribution in [0, 0.1) is 0 Å². The molecule has 0 atom stereocenters. The summed E-state index contributed by atoms with van der Waals surface area (Å²) in [6, 6.07) is 61.5. The van der Waals surface area contributed by atoms with E-state index >= 15 is 0 Å². The van der Waals surface area contributed by atoms with Crippen molar-refractivity contribution in [2.75, 3.05) is 0 Å². The Morgan fingerprint density at radius 1 is 0.298 bits per heavy atom. The highest BCUT2D eigenvalue weighted by Gasteiger charge is 2.23. The van der Waals surface area contributed by atoms with E-state index < -0.39 is 0 Å². The molecule has 0 unspecified atom stereocenters. The van der Waals surface area contributed by atoms with Gasteiger partial charge >= 0.3 is 0 Å². The van der Waals surface area contributed by atoms with Crippen LogP contribution in [0.2, 0.25) is 0 Å². The molecule has 0 aliphatic carbocycles. The predicted octanol–water partition coefficient (Wildman–Crippen LogP) is 13.1. The van der Waals surface area contributed by atoms with Gasteiger partial charge in [-0.3, -0.25) is 0 Å². The quantitative estimate of drug-likeness (QED) is 0.184. The summed E-state index contributed by atoms with van der Waals surface area (Å²) >= 11 is 0. The predicted molar refractivity (Wildman–Crippen MR) is 198 cm³/mol. The molecule has 1 aliphatic heterocycles. The number of hydrogen-bond donors (Lipinski definition) is 0. The summed E-state index contributed by atoms with van der Waals surface area (Å²) in [6.07, 6.45) is 0. The summed E-state index contributed by atoms with van der Waals surface area (Å²) in [5.41, 5.74) is 9.63. The van der Waals surface area contributed by atoms with E-state index in [0.29, 0.717) is 0 Å². The first kappa shape index (κ1) is 26.1. The highest BCUT2D eigenvalue weighted by Crippen LogP contribution is 2.50. The topological polar surface area (TPSA) is 9.23 Å². The van der Waals surface area contributed by atoms with E-state index in [0.717, 1.165) is 28.0 Å². The number of ether oxygens (including phenoxy) is 1. The number of hydrogen-bond acceptors (Lipinski definition) is 1. The summed E-state index contributed by atoms with van der Waals surface area (Å²) < 4.78 is 6.77. The summed E-state index contributed by atoms with van der Waals surface area (Å²) in [5.74, 6) is 1.79. The Balaban J connectivity index is 1.14. The van der Waals surface area contributed by atoms with E-state index in [2.05, 4.69) is 170 Å². The summed E-state index contributed by atoms with van der Waals surface area (Å²) in [5, 5.41) is 9.85. The second kappa shape index (κ2) is 10.2. The monoisotopic (exact) mass is 596 g/mol. The molecule has 1 nitrogen and oxygen atoms in total. The van der Waals surface area contributed by atoms with Crippen LogP contribution in [0.5, 0.6) is 11.5 Å². The molecule has 10 rings (SSSR count).